The third-order valence-corrected chi connectivity index (χ3v) is 4.41. The Morgan fingerprint density at radius 1 is 1.06 bits per heavy atom. The van der Waals surface area contributed by atoms with E-state index in [0.29, 0.717) is 28.2 Å². The van der Waals surface area contributed by atoms with Gasteiger partial charge >= 0.3 is 0 Å². The zero-order valence-corrected chi connectivity index (χ0v) is 12.7. The van der Waals surface area contributed by atoms with E-state index in [-0.39, 0.29) is 11.8 Å². The molecule has 5 heteroatoms. The second kappa shape index (κ2) is 7.56. The first kappa shape index (κ1) is 16.1. The lowest BCUT2D eigenvalue weighted by molar-refractivity contribution is 0.442. The molecule has 0 saturated heterocycles. The monoisotopic (exact) mass is 308 g/mol. The molecule has 0 aliphatic heterocycles. The fourth-order valence-corrected chi connectivity index (χ4v) is 2.94. The predicted molar refractivity (Wildman–Crippen MR) is 80.7 cm³/mol. The standard InChI is InChI=1S/C13H19Cl3N2/c1-2-9(5-8(6-17)7-18)12-10(14)3-4-11(15)13(12)16/h3-4,8-9H,2,5-7,17-18H2,1H3. The molecule has 18 heavy (non-hydrogen) atoms. The topological polar surface area (TPSA) is 52.0 Å². The summed E-state index contributed by atoms with van der Waals surface area (Å²) in [7, 11) is 0. The molecule has 1 aromatic rings. The van der Waals surface area contributed by atoms with Crippen LogP contribution in [0.5, 0.6) is 0 Å². The van der Waals surface area contributed by atoms with Crippen LogP contribution < -0.4 is 11.5 Å². The lowest BCUT2D eigenvalue weighted by Gasteiger charge is -2.23. The van der Waals surface area contributed by atoms with Crippen molar-refractivity contribution >= 4 is 34.8 Å². The highest BCUT2D eigenvalue weighted by Gasteiger charge is 2.21. The van der Waals surface area contributed by atoms with E-state index in [2.05, 4.69) is 6.92 Å². The number of benzene rings is 1. The fraction of sp³-hybridized carbons (Fsp3) is 0.538. The third kappa shape index (κ3) is 3.75. The Morgan fingerprint density at radius 2 is 1.61 bits per heavy atom. The molecule has 1 rings (SSSR count). The summed E-state index contributed by atoms with van der Waals surface area (Å²) in [5.41, 5.74) is 12.3. The van der Waals surface area contributed by atoms with E-state index < -0.39 is 0 Å². The molecule has 2 nitrogen and oxygen atoms in total. The van der Waals surface area contributed by atoms with Gasteiger partial charge in [-0.15, -0.1) is 0 Å². The van der Waals surface area contributed by atoms with Crippen LogP contribution in [0, 0.1) is 5.92 Å². The molecule has 102 valence electrons. The van der Waals surface area contributed by atoms with Gasteiger partial charge < -0.3 is 11.5 Å². The highest BCUT2D eigenvalue weighted by molar-refractivity contribution is 6.44. The van der Waals surface area contributed by atoms with Gasteiger partial charge in [0.1, 0.15) is 0 Å². The van der Waals surface area contributed by atoms with Crippen LogP contribution in [-0.4, -0.2) is 13.1 Å². The molecular formula is C13H19Cl3N2. The summed E-state index contributed by atoms with van der Waals surface area (Å²) in [4.78, 5) is 0. The van der Waals surface area contributed by atoms with Crippen LogP contribution in [-0.2, 0) is 0 Å². The van der Waals surface area contributed by atoms with Gasteiger partial charge in [0, 0.05) is 5.02 Å². The molecule has 1 atom stereocenters. The summed E-state index contributed by atoms with van der Waals surface area (Å²) in [6.45, 7) is 3.24. The molecule has 0 spiro atoms. The van der Waals surface area contributed by atoms with Crippen LogP contribution in [0.4, 0.5) is 0 Å². The minimum atomic E-state index is 0.237. The van der Waals surface area contributed by atoms with E-state index in [0.717, 1.165) is 18.4 Å². The van der Waals surface area contributed by atoms with Crippen molar-refractivity contribution in [2.75, 3.05) is 13.1 Å². The minimum absolute atomic E-state index is 0.237. The Morgan fingerprint density at radius 3 is 2.11 bits per heavy atom. The normalized spacial score (nSPS) is 13.1. The van der Waals surface area contributed by atoms with Gasteiger partial charge in [-0.2, -0.15) is 0 Å². The maximum absolute atomic E-state index is 6.26. The van der Waals surface area contributed by atoms with Gasteiger partial charge in [0.05, 0.1) is 10.0 Å². The third-order valence-electron chi connectivity index (χ3n) is 3.27. The van der Waals surface area contributed by atoms with Gasteiger partial charge in [-0.05, 0) is 55.5 Å². The van der Waals surface area contributed by atoms with Crippen molar-refractivity contribution in [1.29, 1.82) is 0 Å². The number of nitrogens with two attached hydrogens (primary N) is 2. The number of halogens is 3. The SMILES string of the molecule is CCC(CC(CN)CN)c1c(Cl)ccc(Cl)c1Cl. The Labute approximate surface area is 124 Å². The van der Waals surface area contributed by atoms with E-state index in [1.54, 1.807) is 12.1 Å². The maximum Gasteiger partial charge on any atom is 0.0641 e. The van der Waals surface area contributed by atoms with Gasteiger partial charge in [-0.3, -0.25) is 0 Å². The lowest BCUT2D eigenvalue weighted by atomic mass is 9.87. The second-order valence-electron chi connectivity index (χ2n) is 4.44. The van der Waals surface area contributed by atoms with Crippen molar-refractivity contribution in [2.24, 2.45) is 17.4 Å². The van der Waals surface area contributed by atoms with Crippen molar-refractivity contribution in [2.45, 2.75) is 25.7 Å². The Hall–Kier alpha value is 0.01000. The lowest BCUT2D eigenvalue weighted by Crippen LogP contribution is -2.25. The van der Waals surface area contributed by atoms with Crippen LogP contribution >= 0.6 is 34.8 Å². The largest absolute Gasteiger partial charge is 0.330 e. The molecular weight excluding hydrogens is 291 g/mol. The van der Waals surface area contributed by atoms with E-state index in [9.17, 15) is 0 Å². The van der Waals surface area contributed by atoms with E-state index in [1.807, 2.05) is 0 Å². The Bertz CT molecular complexity index is 392. The van der Waals surface area contributed by atoms with E-state index in [4.69, 9.17) is 46.3 Å². The van der Waals surface area contributed by atoms with Crippen molar-refractivity contribution in [3.8, 4) is 0 Å². The first-order valence-electron chi connectivity index (χ1n) is 6.08. The van der Waals surface area contributed by atoms with Gasteiger partial charge in [0.25, 0.3) is 0 Å². The average Bonchev–Trinajstić information content (AvgIpc) is 2.38. The smallest absolute Gasteiger partial charge is 0.0641 e. The fourth-order valence-electron chi connectivity index (χ4n) is 2.10. The van der Waals surface area contributed by atoms with Crippen LogP contribution in [0.2, 0.25) is 15.1 Å². The molecule has 0 aliphatic rings. The molecule has 0 saturated carbocycles. The van der Waals surface area contributed by atoms with E-state index >= 15 is 0 Å². The highest BCUT2D eigenvalue weighted by atomic mass is 35.5. The first-order valence-corrected chi connectivity index (χ1v) is 7.22. The first-order chi connectivity index (χ1) is 8.54. The van der Waals surface area contributed by atoms with Gasteiger partial charge in [-0.1, -0.05) is 41.7 Å². The molecule has 0 radical (unpaired) electrons. The molecule has 0 aromatic heterocycles. The average molecular weight is 310 g/mol. The maximum atomic E-state index is 6.26. The van der Waals surface area contributed by atoms with Crippen molar-refractivity contribution in [1.82, 2.24) is 0 Å². The molecule has 0 amide bonds. The van der Waals surface area contributed by atoms with Crippen LogP contribution in [0.1, 0.15) is 31.2 Å². The molecule has 1 aromatic carbocycles. The molecule has 0 fully saturated rings. The van der Waals surface area contributed by atoms with Crippen LogP contribution in [0.25, 0.3) is 0 Å². The summed E-state index contributed by atoms with van der Waals surface area (Å²) >= 11 is 18.6. The quantitative estimate of drug-likeness (QED) is 0.778. The highest BCUT2D eigenvalue weighted by Crippen LogP contribution is 2.40. The Kier molecular flexibility index (Phi) is 6.75. The van der Waals surface area contributed by atoms with Crippen LogP contribution in [0.15, 0.2) is 12.1 Å². The number of hydrogen-bond donors (Lipinski definition) is 2. The Balaban J connectivity index is 3.05. The number of hydrogen-bond acceptors (Lipinski definition) is 2. The van der Waals surface area contributed by atoms with Gasteiger partial charge in [0.2, 0.25) is 0 Å². The summed E-state index contributed by atoms with van der Waals surface area (Å²) in [5.74, 6) is 0.516. The van der Waals surface area contributed by atoms with Gasteiger partial charge in [0.15, 0.2) is 0 Å². The zero-order valence-electron chi connectivity index (χ0n) is 10.4. The van der Waals surface area contributed by atoms with Crippen molar-refractivity contribution in [3.05, 3.63) is 32.8 Å². The summed E-state index contributed by atoms with van der Waals surface area (Å²) in [6, 6.07) is 3.50. The molecule has 0 aliphatic carbocycles. The summed E-state index contributed by atoms with van der Waals surface area (Å²) in [6.07, 6.45) is 1.81. The van der Waals surface area contributed by atoms with E-state index in [1.165, 1.54) is 0 Å². The molecule has 4 N–H and O–H groups in total. The number of rotatable bonds is 6. The van der Waals surface area contributed by atoms with Crippen molar-refractivity contribution in [3.63, 3.8) is 0 Å². The summed E-state index contributed by atoms with van der Waals surface area (Å²) in [5, 5.41) is 1.74. The minimum Gasteiger partial charge on any atom is -0.330 e. The van der Waals surface area contributed by atoms with Gasteiger partial charge in [-0.25, -0.2) is 0 Å². The summed E-state index contributed by atoms with van der Waals surface area (Å²) < 4.78 is 0. The molecule has 0 heterocycles. The van der Waals surface area contributed by atoms with Crippen molar-refractivity contribution < 1.29 is 0 Å². The molecule has 0 bridgehead atoms. The van der Waals surface area contributed by atoms with Crippen LogP contribution in [0.3, 0.4) is 0 Å². The predicted octanol–water partition coefficient (Wildman–Crippen LogP) is 4.06. The second-order valence-corrected chi connectivity index (χ2v) is 5.63. The molecule has 1 unspecified atom stereocenters. The zero-order chi connectivity index (χ0) is 13.7.